The Kier molecular flexibility index (Phi) is 5.72. The van der Waals surface area contributed by atoms with Crippen LogP contribution in [0.15, 0.2) is 0 Å². The smallest absolute Gasteiger partial charge is 0.122 e. The summed E-state index contributed by atoms with van der Waals surface area (Å²) in [5, 5.41) is 22.2. The van der Waals surface area contributed by atoms with Crippen LogP contribution in [-0.2, 0) is 4.74 Å². The second-order valence-electron chi connectivity index (χ2n) is 14.5. The predicted octanol–water partition coefficient (Wildman–Crippen LogP) is 6.45. The maximum absolute atomic E-state index is 11.6. The van der Waals surface area contributed by atoms with Crippen molar-refractivity contribution >= 4 is 0 Å². The van der Waals surface area contributed by atoms with Crippen molar-refractivity contribution in [1.82, 2.24) is 0 Å². The molecule has 0 radical (unpaired) electrons. The minimum Gasteiger partial charge on any atom is -0.393 e. The van der Waals surface area contributed by atoms with Crippen LogP contribution in [0.4, 0.5) is 0 Å². The lowest BCUT2D eigenvalue weighted by Crippen LogP contribution is -2.58. The molecule has 3 nitrogen and oxygen atoms in total. The largest absolute Gasteiger partial charge is 0.393 e. The van der Waals surface area contributed by atoms with E-state index in [2.05, 4.69) is 55.4 Å². The van der Waals surface area contributed by atoms with Gasteiger partial charge in [0.2, 0.25) is 0 Å². The maximum atomic E-state index is 11.6. The number of hydrogen-bond acceptors (Lipinski definition) is 3. The third-order valence-electron chi connectivity index (χ3n) is 13.4. The molecule has 13 atom stereocenters. The molecule has 1 spiro atoms. The van der Waals surface area contributed by atoms with E-state index in [1.54, 1.807) is 0 Å². The first-order valence-electron chi connectivity index (χ1n) is 14.4. The topological polar surface area (TPSA) is 53.0 Å². The average Bonchev–Trinajstić information content (AvgIpc) is 3.29. The predicted molar refractivity (Wildman–Crippen MR) is 134 cm³/mol. The lowest BCUT2D eigenvalue weighted by atomic mass is 9.43. The SMILES string of the molecule is CC(C)[C@H](C)[C@H](C)[C@@H](O)[C@]1(C)O[C@]12CC[C@H]1[C@@H]3CC[C@H]4[C@H](C)[C@@H](O)CC[C@]4(C)[C@H]3CC[C@@]12C. The van der Waals surface area contributed by atoms with Crippen molar-refractivity contribution in [2.45, 2.75) is 130 Å². The van der Waals surface area contributed by atoms with E-state index < -0.39 is 11.7 Å². The third-order valence-corrected chi connectivity index (χ3v) is 13.4. The van der Waals surface area contributed by atoms with Gasteiger partial charge in [-0.3, -0.25) is 0 Å². The van der Waals surface area contributed by atoms with Gasteiger partial charge in [-0.2, -0.15) is 0 Å². The van der Waals surface area contributed by atoms with E-state index >= 15 is 0 Å². The first kappa shape index (κ1) is 24.6. The fraction of sp³-hybridized carbons (Fsp3) is 1.00. The molecular formula is C30H52O3. The van der Waals surface area contributed by atoms with Gasteiger partial charge in [-0.15, -0.1) is 0 Å². The number of hydrogen-bond donors (Lipinski definition) is 2. The number of epoxide rings is 1. The van der Waals surface area contributed by atoms with E-state index in [0.29, 0.717) is 29.1 Å². The summed E-state index contributed by atoms with van der Waals surface area (Å²) in [6, 6.07) is 0. The van der Waals surface area contributed by atoms with Crippen molar-refractivity contribution in [2.24, 2.45) is 58.2 Å². The Morgan fingerprint density at radius 3 is 2.12 bits per heavy atom. The summed E-state index contributed by atoms with van der Waals surface area (Å²) in [4.78, 5) is 0. The molecular weight excluding hydrogens is 408 g/mol. The summed E-state index contributed by atoms with van der Waals surface area (Å²) in [6.45, 7) is 18.8. The zero-order valence-electron chi connectivity index (χ0n) is 22.7. The molecule has 4 aliphatic carbocycles. The van der Waals surface area contributed by atoms with Crippen molar-refractivity contribution < 1.29 is 14.9 Å². The Bertz CT molecular complexity index is 766. The monoisotopic (exact) mass is 460 g/mol. The average molecular weight is 461 g/mol. The Balaban J connectivity index is 1.39. The molecule has 5 fully saturated rings. The number of fused-ring (bicyclic) bond motifs is 6. The van der Waals surface area contributed by atoms with Gasteiger partial charge in [0.15, 0.2) is 0 Å². The minimum atomic E-state index is -0.392. The van der Waals surface area contributed by atoms with Crippen molar-refractivity contribution in [2.75, 3.05) is 0 Å². The first-order chi connectivity index (χ1) is 15.3. The van der Waals surface area contributed by atoms with Gasteiger partial charge < -0.3 is 14.9 Å². The van der Waals surface area contributed by atoms with E-state index in [4.69, 9.17) is 4.74 Å². The molecule has 0 amide bonds. The van der Waals surface area contributed by atoms with Crippen LogP contribution in [0.3, 0.4) is 0 Å². The molecule has 1 heterocycles. The van der Waals surface area contributed by atoms with Crippen LogP contribution in [0.2, 0.25) is 0 Å². The van der Waals surface area contributed by atoms with Crippen molar-refractivity contribution in [1.29, 1.82) is 0 Å². The van der Waals surface area contributed by atoms with Crippen LogP contribution in [0.1, 0.15) is 107 Å². The van der Waals surface area contributed by atoms with Crippen LogP contribution in [-0.4, -0.2) is 33.6 Å². The summed E-state index contributed by atoms with van der Waals surface area (Å²) in [7, 11) is 0. The first-order valence-corrected chi connectivity index (χ1v) is 14.4. The Hall–Kier alpha value is -0.120. The number of aliphatic hydroxyl groups excluding tert-OH is 2. The summed E-state index contributed by atoms with van der Waals surface area (Å²) in [5.74, 6) is 4.76. The standard InChI is InChI=1S/C30H52O3/c1-17(2)18(3)19(4)26(32)29(8)30(33-29)16-12-24-21-9-10-22-20(5)25(31)13-14-27(22,6)23(21)11-15-28(24,30)7/h17-26,31-32H,9-16H2,1-8H3/t18-,19-,20-,21+,22-,23-,24-,25-,26+,27-,28-,29-,30-/m0/s1. The fourth-order valence-corrected chi connectivity index (χ4v) is 10.7. The molecule has 0 unspecified atom stereocenters. The Morgan fingerprint density at radius 2 is 1.45 bits per heavy atom. The van der Waals surface area contributed by atoms with E-state index in [1.807, 2.05) is 0 Å². The van der Waals surface area contributed by atoms with Crippen LogP contribution < -0.4 is 0 Å². The highest BCUT2D eigenvalue weighted by Crippen LogP contribution is 2.76. The highest BCUT2D eigenvalue weighted by molar-refractivity contribution is 5.30. The zero-order valence-corrected chi connectivity index (χ0v) is 22.7. The lowest BCUT2D eigenvalue weighted by Gasteiger charge is -2.62. The lowest BCUT2D eigenvalue weighted by molar-refractivity contribution is -0.149. The van der Waals surface area contributed by atoms with Crippen LogP contribution in [0, 0.1) is 58.2 Å². The van der Waals surface area contributed by atoms with E-state index in [1.165, 1.54) is 38.5 Å². The second kappa shape index (κ2) is 7.69. The van der Waals surface area contributed by atoms with Crippen LogP contribution in [0.5, 0.6) is 0 Å². The zero-order chi connectivity index (χ0) is 24.1. The Labute approximate surface area is 203 Å². The normalized spacial score (nSPS) is 56.1. The molecule has 5 aliphatic rings. The fourth-order valence-electron chi connectivity index (χ4n) is 10.7. The van der Waals surface area contributed by atoms with Gasteiger partial charge in [0.05, 0.1) is 12.2 Å². The van der Waals surface area contributed by atoms with E-state index in [9.17, 15) is 10.2 Å². The van der Waals surface area contributed by atoms with Gasteiger partial charge in [0.25, 0.3) is 0 Å². The van der Waals surface area contributed by atoms with Gasteiger partial charge in [0, 0.05) is 5.41 Å². The van der Waals surface area contributed by atoms with Crippen molar-refractivity contribution in [3.8, 4) is 0 Å². The molecule has 5 rings (SSSR count). The molecule has 1 saturated heterocycles. The van der Waals surface area contributed by atoms with E-state index in [0.717, 1.165) is 30.6 Å². The molecule has 0 aromatic rings. The van der Waals surface area contributed by atoms with Crippen molar-refractivity contribution in [3.05, 3.63) is 0 Å². The Morgan fingerprint density at radius 1 is 0.788 bits per heavy atom. The summed E-state index contributed by atoms with van der Waals surface area (Å²) >= 11 is 0. The van der Waals surface area contributed by atoms with Crippen molar-refractivity contribution in [3.63, 3.8) is 0 Å². The minimum absolute atomic E-state index is 0.0967. The van der Waals surface area contributed by atoms with Crippen LogP contribution in [0.25, 0.3) is 0 Å². The van der Waals surface area contributed by atoms with Crippen LogP contribution >= 0.6 is 0 Å². The quantitative estimate of drug-likeness (QED) is 0.474. The van der Waals surface area contributed by atoms with Gasteiger partial charge in [-0.05, 0) is 111 Å². The molecule has 3 heteroatoms. The summed E-state index contributed by atoms with van der Waals surface area (Å²) in [5.41, 5.74) is 0.0606. The summed E-state index contributed by atoms with van der Waals surface area (Å²) < 4.78 is 6.80. The maximum Gasteiger partial charge on any atom is 0.122 e. The third kappa shape index (κ3) is 3.03. The molecule has 0 bridgehead atoms. The molecule has 0 aromatic heterocycles. The number of ether oxygens (including phenoxy) is 1. The number of aliphatic hydroxyl groups is 2. The van der Waals surface area contributed by atoms with E-state index in [-0.39, 0.29) is 23.0 Å². The van der Waals surface area contributed by atoms with Gasteiger partial charge in [-0.25, -0.2) is 0 Å². The summed E-state index contributed by atoms with van der Waals surface area (Å²) in [6.07, 6.45) is 9.28. The molecule has 0 aromatic carbocycles. The second-order valence-corrected chi connectivity index (χ2v) is 14.5. The molecule has 190 valence electrons. The highest BCUT2D eigenvalue weighted by Gasteiger charge is 2.82. The highest BCUT2D eigenvalue weighted by atomic mass is 16.6. The number of rotatable bonds is 4. The van der Waals surface area contributed by atoms with Gasteiger partial charge >= 0.3 is 0 Å². The molecule has 1 aliphatic heterocycles. The van der Waals surface area contributed by atoms with Gasteiger partial charge in [0.1, 0.15) is 11.2 Å². The molecule has 33 heavy (non-hydrogen) atoms. The molecule has 2 N–H and O–H groups in total. The molecule has 4 saturated carbocycles. The van der Waals surface area contributed by atoms with Gasteiger partial charge in [-0.1, -0.05) is 48.5 Å².